The summed E-state index contributed by atoms with van der Waals surface area (Å²) in [6, 6.07) is 8.57. The first kappa shape index (κ1) is 12.4. The van der Waals surface area contributed by atoms with Crippen molar-refractivity contribution in [1.29, 1.82) is 0 Å². The van der Waals surface area contributed by atoms with Crippen molar-refractivity contribution in [2.45, 2.75) is 33.3 Å². The first-order valence-corrected chi connectivity index (χ1v) is 6.59. The number of aliphatic hydroxyl groups is 1. The van der Waals surface area contributed by atoms with Gasteiger partial charge in [-0.15, -0.1) is 0 Å². The van der Waals surface area contributed by atoms with Crippen LogP contribution in [0.3, 0.4) is 0 Å². The van der Waals surface area contributed by atoms with E-state index in [-0.39, 0.29) is 6.10 Å². The van der Waals surface area contributed by atoms with E-state index in [0.29, 0.717) is 11.8 Å². The molecule has 1 aromatic rings. The molecule has 2 rings (SSSR count). The molecule has 0 fully saturated rings. The first-order valence-electron chi connectivity index (χ1n) is 6.59. The smallest absolute Gasteiger partial charge is 0.0737 e. The molecule has 2 unspecified atom stereocenters. The van der Waals surface area contributed by atoms with Crippen LogP contribution < -0.4 is 4.90 Å². The SMILES string of the molecule is CC1Cc2ccccc2N(CC(O)C(C)C)C1. The lowest BCUT2D eigenvalue weighted by Gasteiger charge is -2.36. The van der Waals surface area contributed by atoms with E-state index in [1.54, 1.807) is 0 Å². The third-order valence-electron chi connectivity index (χ3n) is 3.61. The van der Waals surface area contributed by atoms with Gasteiger partial charge in [-0.25, -0.2) is 0 Å². The van der Waals surface area contributed by atoms with Gasteiger partial charge in [0, 0.05) is 18.8 Å². The highest BCUT2D eigenvalue weighted by molar-refractivity contribution is 5.55. The summed E-state index contributed by atoms with van der Waals surface area (Å²) in [5.74, 6) is 0.989. The Morgan fingerprint density at radius 2 is 2.06 bits per heavy atom. The van der Waals surface area contributed by atoms with Crippen molar-refractivity contribution in [3.63, 3.8) is 0 Å². The predicted molar refractivity (Wildman–Crippen MR) is 72.4 cm³/mol. The summed E-state index contributed by atoms with van der Waals surface area (Å²) in [4.78, 5) is 2.34. The van der Waals surface area contributed by atoms with Gasteiger partial charge in [-0.2, -0.15) is 0 Å². The van der Waals surface area contributed by atoms with Gasteiger partial charge in [0.2, 0.25) is 0 Å². The largest absolute Gasteiger partial charge is 0.391 e. The second-order valence-corrected chi connectivity index (χ2v) is 5.65. The molecular formula is C15H23NO. The van der Waals surface area contributed by atoms with Gasteiger partial charge in [-0.1, -0.05) is 39.0 Å². The number of benzene rings is 1. The van der Waals surface area contributed by atoms with Crippen LogP contribution in [-0.2, 0) is 6.42 Å². The number of hydrogen-bond acceptors (Lipinski definition) is 2. The molecule has 17 heavy (non-hydrogen) atoms. The number of rotatable bonds is 3. The average molecular weight is 233 g/mol. The Labute approximate surface area is 104 Å². The van der Waals surface area contributed by atoms with Crippen LogP contribution in [0.1, 0.15) is 26.3 Å². The Morgan fingerprint density at radius 3 is 2.76 bits per heavy atom. The van der Waals surface area contributed by atoms with Crippen molar-refractivity contribution in [3.8, 4) is 0 Å². The molecule has 2 heteroatoms. The van der Waals surface area contributed by atoms with Crippen LogP contribution in [0.25, 0.3) is 0 Å². The van der Waals surface area contributed by atoms with Crippen molar-refractivity contribution in [1.82, 2.24) is 0 Å². The van der Waals surface area contributed by atoms with Crippen LogP contribution in [0.4, 0.5) is 5.69 Å². The molecule has 0 radical (unpaired) electrons. The monoisotopic (exact) mass is 233 g/mol. The van der Waals surface area contributed by atoms with Crippen molar-refractivity contribution in [3.05, 3.63) is 29.8 Å². The summed E-state index contributed by atoms with van der Waals surface area (Å²) in [7, 11) is 0. The van der Waals surface area contributed by atoms with E-state index in [9.17, 15) is 5.11 Å². The van der Waals surface area contributed by atoms with Gasteiger partial charge in [-0.05, 0) is 29.9 Å². The van der Waals surface area contributed by atoms with E-state index >= 15 is 0 Å². The summed E-state index contributed by atoms with van der Waals surface area (Å²) in [6.07, 6.45) is 0.915. The van der Waals surface area contributed by atoms with E-state index in [1.165, 1.54) is 11.3 Å². The fourth-order valence-electron chi connectivity index (χ4n) is 2.52. The summed E-state index contributed by atoms with van der Waals surface area (Å²) in [5, 5.41) is 10.0. The molecule has 0 bridgehead atoms. The minimum Gasteiger partial charge on any atom is -0.391 e. The Bertz CT molecular complexity index is 375. The highest BCUT2D eigenvalue weighted by atomic mass is 16.3. The lowest BCUT2D eigenvalue weighted by molar-refractivity contribution is 0.129. The van der Waals surface area contributed by atoms with Gasteiger partial charge >= 0.3 is 0 Å². The Hall–Kier alpha value is -1.02. The van der Waals surface area contributed by atoms with Crippen LogP contribution in [0.15, 0.2) is 24.3 Å². The second kappa shape index (κ2) is 5.09. The molecule has 0 saturated carbocycles. The molecule has 94 valence electrons. The third kappa shape index (κ3) is 2.81. The maximum atomic E-state index is 10.0. The number of aliphatic hydroxyl groups excluding tert-OH is 1. The van der Waals surface area contributed by atoms with Gasteiger partial charge in [-0.3, -0.25) is 0 Å². The van der Waals surface area contributed by atoms with Crippen LogP contribution in [0.2, 0.25) is 0 Å². The molecule has 1 aliphatic rings. The Morgan fingerprint density at radius 1 is 1.35 bits per heavy atom. The van der Waals surface area contributed by atoms with Gasteiger partial charge in [0.15, 0.2) is 0 Å². The Kier molecular flexibility index (Phi) is 3.72. The molecule has 1 aliphatic heterocycles. The van der Waals surface area contributed by atoms with Crippen molar-refractivity contribution >= 4 is 5.69 Å². The zero-order chi connectivity index (χ0) is 12.4. The summed E-state index contributed by atoms with van der Waals surface area (Å²) in [6.45, 7) is 8.23. The summed E-state index contributed by atoms with van der Waals surface area (Å²) >= 11 is 0. The molecule has 0 saturated heterocycles. The van der Waals surface area contributed by atoms with E-state index in [1.807, 2.05) is 0 Å². The number of β-amino-alcohol motifs (C(OH)–C–C–N with tert-alkyl or cyclic N) is 1. The van der Waals surface area contributed by atoms with Crippen LogP contribution in [0.5, 0.6) is 0 Å². The molecule has 1 heterocycles. The van der Waals surface area contributed by atoms with E-state index in [2.05, 4.69) is 49.9 Å². The lowest BCUT2D eigenvalue weighted by Crippen LogP contribution is -2.41. The Balaban J connectivity index is 2.18. The quantitative estimate of drug-likeness (QED) is 0.867. The number of nitrogens with zero attached hydrogens (tertiary/aromatic N) is 1. The van der Waals surface area contributed by atoms with Gasteiger partial charge in [0.05, 0.1) is 6.10 Å². The molecule has 1 aromatic carbocycles. The lowest BCUT2D eigenvalue weighted by atomic mass is 9.93. The number of hydrogen-bond donors (Lipinski definition) is 1. The minimum absolute atomic E-state index is 0.242. The molecule has 1 N–H and O–H groups in total. The second-order valence-electron chi connectivity index (χ2n) is 5.65. The van der Waals surface area contributed by atoms with Gasteiger partial charge in [0.1, 0.15) is 0 Å². The topological polar surface area (TPSA) is 23.5 Å². The van der Waals surface area contributed by atoms with Crippen LogP contribution >= 0.6 is 0 Å². The number of fused-ring (bicyclic) bond motifs is 1. The molecule has 0 spiro atoms. The fourth-order valence-corrected chi connectivity index (χ4v) is 2.52. The van der Waals surface area contributed by atoms with Gasteiger partial charge in [0.25, 0.3) is 0 Å². The van der Waals surface area contributed by atoms with Crippen molar-refractivity contribution < 1.29 is 5.11 Å². The zero-order valence-electron chi connectivity index (χ0n) is 11.1. The maximum Gasteiger partial charge on any atom is 0.0737 e. The zero-order valence-corrected chi connectivity index (χ0v) is 11.1. The van der Waals surface area contributed by atoms with Crippen molar-refractivity contribution in [2.24, 2.45) is 11.8 Å². The average Bonchev–Trinajstić information content (AvgIpc) is 2.28. The molecule has 2 atom stereocenters. The number of anilines is 1. The summed E-state index contributed by atoms with van der Waals surface area (Å²) < 4.78 is 0. The highest BCUT2D eigenvalue weighted by Gasteiger charge is 2.23. The van der Waals surface area contributed by atoms with E-state index < -0.39 is 0 Å². The molecule has 0 amide bonds. The number of para-hydroxylation sites is 1. The predicted octanol–water partition coefficient (Wildman–Crippen LogP) is 2.70. The molecular weight excluding hydrogens is 210 g/mol. The highest BCUT2D eigenvalue weighted by Crippen LogP contribution is 2.29. The van der Waals surface area contributed by atoms with Gasteiger partial charge < -0.3 is 10.0 Å². The molecule has 2 nitrogen and oxygen atoms in total. The standard InChI is InChI=1S/C15H23NO/c1-11(2)15(17)10-16-9-12(3)8-13-6-4-5-7-14(13)16/h4-7,11-12,15,17H,8-10H2,1-3H3. The third-order valence-corrected chi connectivity index (χ3v) is 3.61. The summed E-state index contributed by atoms with van der Waals surface area (Å²) in [5.41, 5.74) is 2.73. The van der Waals surface area contributed by atoms with Crippen LogP contribution in [0, 0.1) is 11.8 Å². The fraction of sp³-hybridized carbons (Fsp3) is 0.600. The normalized spacial score (nSPS) is 21.5. The minimum atomic E-state index is -0.242. The molecule has 0 aromatic heterocycles. The van der Waals surface area contributed by atoms with E-state index in [4.69, 9.17) is 0 Å². The first-order chi connectivity index (χ1) is 8.08. The maximum absolute atomic E-state index is 10.0. The van der Waals surface area contributed by atoms with E-state index in [0.717, 1.165) is 19.5 Å². The molecule has 0 aliphatic carbocycles. The van der Waals surface area contributed by atoms with Crippen LogP contribution in [-0.4, -0.2) is 24.3 Å². The van der Waals surface area contributed by atoms with Crippen molar-refractivity contribution in [2.75, 3.05) is 18.0 Å².